The summed E-state index contributed by atoms with van der Waals surface area (Å²) in [5, 5.41) is 7.19. The fourth-order valence-corrected chi connectivity index (χ4v) is 1.45. The number of ketones is 1. The number of Topliss-reactive ketones (excluding diaryl/α,β-unsaturated/α-hetero) is 1. The lowest BCUT2D eigenvalue weighted by Crippen LogP contribution is -2.02. The molecular weight excluding hydrogens is 271 g/mol. The highest BCUT2D eigenvalue weighted by Gasteiger charge is 2.05. The predicted molar refractivity (Wildman–Crippen MR) is 82.6 cm³/mol. The van der Waals surface area contributed by atoms with Gasteiger partial charge in [-0.25, -0.2) is 0 Å². The van der Waals surface area contributed by atoms with Crippen LogP contribution in [0.25, 0.3) is 0 Å². The van der Waals surface area contributed by atoms with Crippen LogP contribution in [-0.4, -0.2) is 23.3 Å². The van der Waals surface area contributed by atoms with Crippen molar-refractivity contribution in [2.75, 3.05) is 12.4 Å². The molecule has 2 nitrogen and oxygen atoms in total. The normalized spacial score (nSPS) is 13.1. The van der Waals surface area contributed by atoms with Gasteiger partial charge in [-0.3, -0.25) is 4.79 Å². The first-order valence-corrected chi connectivity index (χ1v) is 7.88. The summed E-state index contributed by atoms with van der Waals surface area (Å²) < 4.78 is 0. The second-order valence-corrected chi connectivity index (χ2v) is 4.72. The summed E-state index contributed by atoms with van der Waals surface area (Å²) in [4.78, 5) is 10.5. The topological polar surface area (TPSA) is 37.3 Å². The van der Waals surface area contributed by atoms with Crippen LogP contribution in [0.3, 0.4) is 0 Å². The first-order chi connectivity index (χ1) is 8.72. The van der Waals surface area contributed by atoms with Crippen molar-refractivity contribution in [3.8, 4) is 0 Å². The van der Waals surface area contributed by atoms with Crippen molar-refractivity contribution in [2.45, 2.75) is 71.6 Å². The minimum absolute atomic E-state index is 0.194. The highest BCUT2D eigenvalue weighted by atomic mass is 35.5. The SMILES string of the molecule is CCCCCC.CO.ClCCl.O=C1CCCCC1. The zero-order chi connectivity index (χ0) is 14.6. The van der Waals surface area contributed by atoms with Crippen LogP contribution in [0, 0.1) is 0 Å². The monoisotopic (exact) mass is 300 g/mol. The van der Waals surface area contributed by atoms with E-state index in [-0.39, 0.29) is 5.34 Å². The average molecular weight is 301 g/mol. The van der Waals surface area contributed by atoms with Gasteiger partial charge in [0, 0.05) is 20.0 Å². The highest BCUT2D eigenvalue weighted by molar-refractivity contribution is 6.40. The van der Waals surface area contributed by atoms with Crippen LogP contribution in [0.4, 0.5) is 0 Å². The Morgan fingerprint density at radius 1 is 0.944 bits per heavy atom. The maximum Gasteiger partial charge on any atom is 0.132 e. The van der Waals surface area contributed by atoms with E-state index in [1.54, 1.807) is 0 Å². The molecule has 0 radical (unpaired) electrons. The van der Waals surface area contributed by atoms with Crippen molar-refractivity contribution >= 4 is 29.0 Å². The number of aliphatic hydroxyl groups excluding tert-OH is 1. The van der Waals surface area contributed by atoms with Crippen molar-refractivity contribution in [1.82, 2.24) is 0 Å². The molecule has 0 bridgehead atoms. The van der Waals surface area contributed by atoms with Crippen LogP contribution in [0.15, 0.2) is 0 Å². The van der Waals surface area contributed by atoms with Crippen molar-refractivity contribution in [3.05, 3.63) is 0 Å². The summed E-state index contributed by atoms with van der Waals surface area (Å²) in [6.45, 7) is 4.46. The van der Waals surface area contributed by atoms with Gasteiger partial charge in [-0.15, -0.1) is 23.2 Å². The Balaban J connectivity index is -0.000000187. The number of hydrogen-bond donors (Lipinski definition) is 1. The second kappa shape index (κ2) is 25.9. The van der Waals surface area contributed by atoms with Crippen LogP contribution in [-0.2, 0) is 4.79 Å². The number of carbonyl (C=O) groups excluding carboxylic acids is 1. The van der Waals surface area contributed by atoms with Gasteiger partial charge in [-0.1, -0.05) is 46.0 Å². The van der Waals surface area contributed by atoms with E-state index in [9.17, 15) is 4.79 Å². The van der Waals surface area contributed by atoms with Crippen molar-refractivity contribution in [1.29, 1.82) is 0 Å². The van der Waals surface area contributed by atoms with Gasteiger partial charge >= 0.3 is 0 Å². The van der Waals surface area contributed by atoms with E-state index in [1.165, 1.54) is 32.1 Å². The third-order valence-electron chi connectivity index (χ3n) is 2.37. The molecule has 0 atom stereocenters. The standard InChI is InChI=1S/C6H10O.C6H14.CH2Cl2.CH4O/c7-6-4-2-1-3-5-6;1-3-5-6-4-2;2-1-3;1-2/h1-5H2;3-6H2,1-2H3;1H2;2H,1H3. The van der Waals surface area contributed by atoms with E-state index in [2.05, 4.69) is 13.8 Å². The summed E-state index contributed by atoms with van der Waals surface area (Å²) in [7, 11) is 1.00. The average Bonchev–Trinajstić information content (AvgIpc) is 2.41. The lowest BCUT2D eigenvalue weighted by molar-refractivity contribution is -0.120. The van der Waals surface area contributed by atoms with Gasteiger partial charge in [0.15, 0.2) is 0 Å². The summed E-state index contributed by atoms with van der Waals surface area (Å²) in [6.07, 6.45) is 10.8. The number of unbranched alkanes of at least 4 members (excludes halogenated alkanes) is 3. The van der Waals surface area contributed by atoms with Gasteiger partial charge in [-0.2, -0.15) is 0 Å². The summed E-state index contributed by atoms with van der Waals surface area (Å²) in [5.41, 5.74) is 0. The van der Waals surface area contributed by atoms with Crippen LogP contribution in [0.2, 0.25) is 0 Å². The predicted octanol–water partition coefficient (Wildman–Crippen LogP) is 5.14. The molecule has 0 unspecified atom stereocenters. The summed E-state index contributed by atoms with van der Waals surface area (Å²) in [5.74, 6) is 0.464. The van der Waals surface area contributed by atoms with E-state index in [4.69, 9.17) is 28.3 Å². The van der Waals surface area contributed by atoms with E-state index in [1.807, 2.05) is 0 Å². The molecule has 18 heavy (non-hydrogen) atoms. The number of carbonyl (C=O) groups is 1. The fraction of sp³-hybridized carbons (Fsp3) is 0.929. The van der Waals surface area contributed by atoms with E-state index < -0.39 is 0 Å². The van der Waals surface area contributed by atoms with E-state index >= 15 is 0 Å². The van der Waals surface area contributed by atoms with Crippen LogP contribution >= 0.6 is 23.2 Å². The third-order valence-corrected chi connectivity index (χ3v) is 2.37. The zero-order valence-corrected chi connectivity index (χ0v) is 13.7. The Morgan fingerprint density at radius 2 is 1.28 bits per heavy atom. The Bertz CT molecular complexity index is 130. The minimum Gasteiger partial charge on any atom is -0.400 e. The van der Waals surface area contributed by atoms with E-state index in [0.717, 1.165) is 32.8 Å². The number of hydrogen-bond acceptors (Lipinski definition) is 2. The molecule has 0 amide bonds. The number of rotatable bonds is 3. The number of alkyl halides is 2. The molecule has 1 rings (SSSR count). The van der Waals surface area contributed by atoms with E-state index in [0.29, 0.717) is 5.78 Å². The first kappa shape index (κ1) is 23.3. The van der Waals surface area contributed by atoms with Gasteiger partial charge in [0.2, 0.25) is 0 Å². The molecule has 1 aliphatic carbocycles. The van der Waals surface area contributed by atoms with Crippen LogP contribution < -0.4 is 0 Å². The third kappa shape index (κ3) is 29.8. The minimum atomic E-state index is 0.194. The largest absolute Gasteiger partial charge is 0.400 e. The van der Waals surface area contributed by atoms with Crippen molar-refractivity contribution < 1.29 is 9.90 Å². The van der Waals surface area contributed by atoms with Crippen molar-refractivity contribution in [2.24, 2.45) is 0 Å². The van der Waals surface area contributed by atoms with Gasteiger partial charge < -0.3 is 5.11 Å². The first-order valence-electron chi connectivity index (χ1n) is 6.81. The molecular formula is C14H30Cl2O2. The molecule has 112 valence electrons. The maximum atomic E-state index is 10.5. The molecule has 0 spiro atoms. The second-order valence-electron chi connectivity index (χ2n) is 3.91. The molecule has 1 aliphatic rings. The Morgan fingerprint density at radius 3 is 1.44 bits per heavy atom. The number of aliphatic hydroxyl groups is 1. The zero-order valence-electron chi connectivity index (χ0n) is 12.2. The fourth-order valence-electron chi connectivity index (χ4n) is 1.45. The number of halogens is 2. The van der Waals surface area contributed by atoms with Gasteiger partial charge in [0.25, 0.3) is 0 Å². The van der Waals surface area contributed by atoms with Crippen molar-refractivity contribution in [3.63, 3.8) is 0 Å². The maximum absolute atomic E-state index is 10.5. The summed E-state index contributed by atoms with van der Waals surface area (Å²) in [6, 6.07) is 0. The molecule has 0 saturated heterocycles. The van der Waals surface area contributed by atoms with Gasteiger partial charge in [0.1, 0.15) is 5.78 Å². The lowest BCUT2D eigenvalue weighted by atomic mass is 10.00. The molecule has 0 aliphatic heterocycles. The molecule has 1 N–H and O–H groups in total. The summed E-state index contributed by atoms with van der Waals surface area (Å²) >= 11 is 9.53. The molecule has 0 aromatic heterocycles. The van der Waals surface area contributed by atoms with Crippen LogP contribution in [0.5, 0.6) is 0 Å². The molecule has 4 heteroatoms. The smallest absolute Gasteiger partial charge is 0.132 e. The highest BCUT2D eigenvalue weighted by Crippen LogP contribution is 2.12. The quantitative estimate of drug-likeness (QED) is 0.579. The Labute approximate surface area is 123 Å². The van der Waals surface area contributed by atoms with Crippen LogP contribution in [0.1, 0.15) is 71.6 Å². The molecule has 1 saturated carbocycles. The molecule has 1 fully saturated rings. The van der Waals surface area contributed by atoms with Gasteiger partial charge in [0.05, 0.1) is 5.34 Å². The molecule has 0 aromatic carbocycles. The molecule has 0 aromatic rings. The molecule has 0 heterocycles. The lowest BCUT2D eigenvalue weighted by Gasteiger charge is -2.05. The van der Waals surface area contributed by atoms with Gasteiger partial charge in [-0.05, 0) is 12.8 Å². The Kier molecular flexibility index (Phi) is 33.6. The Hall–Kier alpha value is 0.210.